The minimum absolute atomic E-state index is 0.270. The maximum absolute atomic E-state index is 5.70. The van der Waals surface area contributed by atoms with E-state index in [1.807, 2.05) is 17.5 Å². The molecular weight excluding hydrogens is 272 g/mol. The van der Waals surface area contributed by atoms with E-state index in [9.17, 15) is 0 Å². The van der Waals surface area contributed by atoms with Crippen LogP contribution < -0.4 is 0 Å². The van der Waals surface area contributed by atoms with Crippen molar-refractivity contribution in [3.8, 4) is 10.6 Å². The summed E-state index contributed by atoms with van der Waals surface area (Å²) in [4.78, 5) is 9.07. The van der Waals surface area contributed by atoms with Gasteiger partial charge >= 0.3 is 0 Å². The zero-order valence-corrected chi connectivity index (χ0v) is 9.53. The summed E-state index contributed by atoms with van der Waals surface area (Å²) in [6.07, 6.45) is 1.66. The van der Waals surface area contributed by atoms with Crippen molar-refractivity contribution in [1.82, 2.24) is 9.97 Å². The largest absolute Gasteiger partial charge is 0.225 e. The number of rotatable bonds is 1. The van der Waals surface area contributed by atoms with Crippen LogP contribution in [0.2, 0.25) is 5.28 Å². The second-order valence-electron chi connectivity index (χ2n) is 2.31. The Bertz CT molecular complexity index is 416. The maximum atomic E-state index is 5.70. The summed E-state index contributed by atoms with van der Waals surface area (Å²) in [6.45, 7) is 0. The quantitative estimate of drug-likeness (QED) is 0.743. The van der Waals surface area contributed by atoms with Crippen molar-refractivity contribution in [3.05, 3.63) is 33.5 Å². The molecule has 0 spiro atoms. The second-order valence-corrected chi connectivity index (χ2v) is 4.45. The highest BCUT2D eigenvalue weighted by molar-refractivity contribution is 9.10. The van der Waals surface area contributed by atoms with Crippen LogP contribution in [0.25, 0.3) is 10.6 Å². The van der Waals surface area contributed by atoms with E-state index in [1.165, 1.54) is 0 Å². The van der Waals surface area contributed by atoms with Gasteiger partial charge in [-0.05, 0) is 39.0 Å². The van der Waals surface area contributed by atoms with Gasteiger partial charge in [-0.15, -0.1) is 11.3 Å². The molecule has 0 amide bonds. The van der Waals surface area contributed by atoms with Crippen molar-refractivity contribution in [3.63, 3.8) is 0 Å². The second kappa shape index (κ2) is 3.74. The third-order valence-electron chi connectivity index (χ3n) is 1.47. The van der Waals surface area contributed by atoms with Crippen molar-refractivity contribution in [2.24, 2.45) is 0 Å². The number of aromatic nitrogens is 2. The highest BCUT2D eigenvalue weighted by Crippen LogP contribution is 2.29. The van der Waals surface area contributed by atoms with E-state index in [2.05, 4.69) is 25.9 Å². The van der Waals surface area contributed by atoms with Crippen molar-refractivity contribution in [1.29, 1.82) is 0 Å². The number of thiophene rings is 1. The lowest BCUT2D eigenvalue weighted by molar-refractivity contribution is 1.16. The molecule has 0 saturated carbocycles. The van der Waals surface area contributed by atoms with Crippen LogP contribution in [0.1, 0.15) is 0 Å². The van der Waals surface area contributed by atoms with Crippen LogP contribution in [0.3, 0.4) is 0 Å². The molecule has 2 aromatic heterocycles. The van der Waals surface area contributed by atoms with Gasteiger partial charge in [0.05, 0.1) is 15.0 Å². The Kier molecular flexibility index (Phi) is 2.62. The van der Waals surface area contributed by atoms with Crippen LogP contribution in [0, 0.1) is 0 Å². The van der Waals surface area contributed by atoms with Gasteiger partial charge in [-0.3, -0.25) is 0 Å². The Morgan fingerprint density at radius 2 is 2.31 bits per heavy atom. The van der Waals surface area contributed by atoms with Gasteiger partial charge in [0.1, 0.15) is 0 Å². The number of hydrogen-bond donors (Lipinski definition) is 0. The number of hydrogen-bond acceptors (Lipinski definition) is 3. The lowest BCUT2D eigenvalue weighted by atomic mass is 10.3. The van der Waals surface area contributed by atoms with Gasteiger partial charge in [-0.1, -0.05) is 6.07 Å². The molecule has 2 nitrogen and oxygen atoms in total. The van der Waals surface area contributed by atoms with Crippen LogP contribution in [-0.2, 0) is 0 Å². The van der Waals surface area contributed by atoms with E-state index >= 15 is 0 Å². The number of nitrogens with zero attached hydrogens (tertiary/aromatic N) is 2. The predicted molar refractivity (Wildman–Crippen MR) is 58.1 cm³/mol. The van der Waals surface area contributed by atoms with Gasteiger partial charge < -0.3 is 0 Å². The third-order valence-corrected chi connectivity index (χ3v) is 3.11. The van der Waals surface area contributed by atoms with E-state index in [0.29, 0.717) is 0 Å². The van der Waals surface area contributed by atoms with Gasteiger partial charge in [-0.25, -0.2) is 9.97 Å². The summed E-state index contributed by atoms with van der Waals surface area (Å²) in [5.41, 5.74) is 0.843. The molecule has 0 atom stereocenters. The first-order valence-electron chi connectivity index (χ1n) is 3.49. The fourth-order valence-corrected chi connectivity index (χ4v) is 2.33. The summed E-state index contributed by atoms with van der Waals surface area (Å²) in [7, 11) is 0. The molecule has 0 radical (unpaired) electrons. The highest BCUT2D eigenvalue weighted by atomic mass is 79.9. The van der Waals surface area contributed by atoms with E-state index < -0.39 is 0 Å². The minimum Gasteiger partial charge on any atom is -0.225 e. The Balaban J connectivity index is 2.57. The molecule has 66 valence electrons. The Labute approximate surface area is 92.7 Å². The SMILES string of the molecule is Clc1ncc(Br)c(-c2cccs2)n1. The first-order valence-corrected chi connectivity index (χ1v) is 5.54. The molecule has 13 heavy (non-hydrogen) atoms. The molecule has 0 saturated heterocycles. The van der Waals surface area contributed by atoms with Gasteiger partial charge in [0.2, 0.25) is 5.28 Å². The fraction of sp³-hybridized carbons (Fsp3) is 0. The normalized spacial score (nSPS) is 10.3. The predicted octanol–water partition coefficient (Wildman–Crippen LogP) is 3.62. The first kappa shape index (κ1) is 9.12. The molecule has 0 aliphatic rings. The van der Waals surface area contributed by atoms with Gasteiger partial charge in [-0.2, -0.15) is 0 Å². The van der Waals surface area contributed by atoms with Gasteiger partial charge in [0.25, 0.3) is 0 Å². The van der Waals surface area contributed by atoms with Crippen LogP contribution in [-0.4, -0.2) is 9.97 Å². The maximum Gasteiger partial charge on any atom is 0.222 e. The zero-order chi connectivity index (χ0) is 9.26. The van der Waals surface area contributed by atoms with Crippen molar-refractivity contribution in [2.45, 2.75) is 0 Å². The zero-order valence-electron chi connectivity index (χ0n) is 6.37. The smallest absolute Gasteiger partial charge is 0.222 e. The molecule has 0 aliphatic heterocycles. The molecular formula is C8H4BrClN2S. The molecule has 0 fully saturated rings. The Hall–Kier alpha value is -0.450. The van der Waals surface area contributed by atoms with E-state index in [0.717, 1.165) is 15.0 Å². The standard InChI is InChI=1S/C8H4BrClN2S/c9-5-4-11-8(10)12-7(5)6-2-1-3-13-6/h1-4H. The Morgan fingerprint density at radius 1 is 1.46 bits per heavy atom. The summed E-state index contributed by atoms with van der Waals surface area (Å²) < 4.78 is 0.861. The molecule has 0 N–H and O–H groups in total. The molecule has 2 rings (SSSR count). The molecule has 2 heterocycles. The van der Waals surface area contributed by atoms with Crippen LogP contribution in [0.4, 0.5) is 0 Å². The molecule has 2 aromatic rings. The van der Waals surface area contributed by atoms with Gasteiger partial charge in [0, 0.05) is 6.20 Å². The average molecular weight is 276 g/mol. The fourth-order valence-electron chi connectivity index (χ4n) is 0.932. The summed E-state index contributed by atoms with van der Waals surface area (Å²) >= 11 is 10.7. The Morgan fingerprint density at radius 3 is 3.00 bits per heavy atom. The highest BCUT2D eigenvalue weighted by Gasteiger charge is 2.06. The first-order chi connectivity index (χ1) is 6.27. The minimum atomic E-state index is 0.270. The van der Waals surface area contributed by atoms with E-state index in [1.54, 1.807) is 17.5 Å². The summed E-state index contributed by atoms with van der Waals surface area (Å²) in [5, 5.41) is 2.27. The lowest BCUT2D eigenvalue weighted by Crippen LogP contribution is -1.86. The van der Waals surface area contributed by atoms with Gasteiger partial charge in [0.15, 0.2) is 0 Å². The topological polar surface area (TPSA) is 25.8 Å². The summed E-state index contributed by atoms with van der Waals surface area (Å²) in [6, 6.07) is 3.97. The monoisotopic (exact) mass is 274 g/mol. The van der Waals surface area contributed by atoms with Crippen molar-refractivity contribution >= 4 is 38.9 Å². The van der Waals surface area contributed by atoms with Crippen LogP contribution >= 0.6 is 38.9 Å². The molecule has 0 bridgehead atoms. The van der Waals surface area contributed by atoms with Crippen molar-refractivity contribution in [2.75, 3.05) is 0 Å². The van der Waals surface area contributed by atoms with Crippen LogP contribution in [0.5, 0.6) is 0 Å². The average Bonchev–Trinajstić information content (AvgIpc) is 2.61. The molecule has 0 aliphatic carbocycles. The van der Waals surface area contributed by atoms with Crippen molar-refractivity contribution < 1.29 is 0 Å². The third kappa shape index (κ3) is 1.90. The molecule has 0 aromatic carbocycles. The van der Waals surface area contributed by atoms with E-state index in [4.69, 9.17) is 11.6 Å². The summed E-state index contributed by atoms with van der Waals surface area (Å²) in [5.74, 6) is 0. The number of halogens is 2. The molecule has 0 unspecified atom stereocenters. The van der Waals surface area contributed by atoms with Crippen LogP contribution in [0.15, 0.2) is 28.2 Å². The van der Waals surface area contributed by atoms with E-state index in [-0.39, 0.29) is 5.28 Å². The lowest BCUT2D eigenvalue weighted by Gasteiger charge is -1.99. The molecule has 5 heteroatoms.